The van der Waals surface area contributed by atoms with Crippen molar-refractivity contribution in [1.82, 2.24) is 4.98 Å². The first kappa shape index (κ1) is 10.9. The number of aromatic nitrogens is 1. The van der Waals surface area contributed by atoms with Crippen molar-refractivity contribution in [1.29, 1.82) is 0 Å². The fraction of sp³-hybridized carbons (Fsp3) is 0.250. The summed E-state index contributed by atoms with van der Waals surface area (Å²) in [4.78, 5) is 14.5. The standard InChI is InChI=1S/C8H10BrN3O2/c9-5-1-2-7(11-3-5)12-4-6(13)8(10)14/h1-3,6,13H,4H2,(H2,10,14)(H,11,12). The number of carbonyl (C=O) groups excluding carboxylic acids is 1. The number of anilines is 1. The van der Waals surface area contributed by atoms with E-state index in [0.717, 1.165) is 4.47 Å². The summed E-state index contributed by atoms with van der Waals surface area (Å²) in [5.41, 5.74) is 4.87. The average Bonchev–Trinajstić information content (AvgIpc) is 2.16. The number of hydrogen-bond donors (Lipinski definition) is 3. The van der Waals surface area contributed by atoms with Crippen molar-refractivity contribution in [3.63, 3.8) is 0 Å². The van der Waals surface area contributed by atoms with E-state index in [-0.39, 0.29) is 6.54 Å². The minimum Gasteiger partial charge on any atom is -0.381 e. The Bertz CT molecular complexity index is 315. The number of primary amides is 1. The lowest BCUT2D eigenvalue weighted by Crippen LogP contribution is -2.34. The number of carbonyl (C=O) groups is 1. The van der Waals surface area contributed by atoms with Gasteiger partial charge in [-0.2, -0.15) is 0 Å². The van der Waals surface area contributed by atoms with Gasteiger partial charge in [0.1, 0.15) is 11.9 Å². The predicted octanol–water partition coefficient (Wildman–Crippen LogP) is 0.102. The van der Waals surface area contributed by atoms with E-state index in [1.54, 1.807) is 18.3 Å². The fourth-order valence-corrected chi connectivity index (χ4v) is 1.02. The summed E-state index contributed by atoms with van der Waals surface area (Å²) in [5.74, 6) is -0.178. The van der Waals surface area contributed by atoms with E-state index in [0.29, 0.717) is 5.82 Å². The highest BCUT2D eigenvalue weighted by Gasteiger charge is 2.09. The van der Waals surface area contributed by atoms with Crippen LogP contribution in [0.4, 0.5) is 5.82 Å². The summed E-state index contributed by atoms with van der Waals surface area (Å²) in [6, 6.07) is 3.52. The Morgan fingerprint density at radius 1 is 1.71 bits per heavy atom. The average molecular weight is 260 g/mol. The highest BCUT2D eigenvalue weighted by molar-refractivity contribution is 9.10. The lowest BCUT2D eigenvalue weighted by molar-refractivity contribution is -0.125. The predicted molar refractivity (Wildman–Crippen MR) is 55.6 cm³/mol. The Balaban J connectivity index is 2.46. The number of amides is 1. The van der Waals surface area contributed by atoms with Gasteiger partial charge in [0.15, 0.2) is 0 Å². The van der Waals surface area contributed by atoms with E-state index in [2.05, 4.69) is 26.2 Å². The third kappa shape index (κ3) is 3.31. The Labute approximate surface area is 89.5 Å². The summed E-state index contributed by atoms with van der Waals surface area (Å²) in [5, 5.41) is 11.8. The molecule has 0 spiro atoms. The second-order valence-corrected chi connectivity index (χ2v) is 3.58. The smallest absolute Gasteiger partial charge is 0.248 e. The van der Waals surface area contributed by atoms with Crippen LogP contribution in [0.3, 0.4) is 0 Å². The maximum Gasteiger partial charge on any atom is 0.248 e. The van der Waals surface area contributed by atoms with Crippen LogP contribution in [0, 0.1) is 0 Å². The molecular formula is C8H10BrN3O2. The zero-order valence-corrected chi connectivity index (χ0v) is 8.86. The molecule has 14 heavy (non-hydrogen) atoms. The quantitative estimate of drug-likeness (QED) is 0.716. The minimum absolute atomic E-state index is 0.0595. The molecule has 1 atom stereocenters. The molecule has 1 rings (SSSR count). The maximum absolute atomic E-state index is 10.5. The van der Waals surface area contributed by atoms with E-state index >= 15 is 0 Å². The number of nitrogens with two attached hydrogens (primary N) is 1. The number of nitrogens with one attached hydrogen (secondary N) is 1. The second-order valence-electron chi connectivity index (χ2n) is 2.66. The van der Waals surface area contributed by atoms with Crippen LogP contribution in [0.5, 0.6) is 0 Å². The Morgan fingerprint density at radius 3 is 2.93 bits per heavy atom. The SMILES string of the molecule is NC(=O)C(O)CNc1ccc(Br)cn1. The molecule has 0 saturated carbocycles. The zero-order valence-electron chi connectivity index (χ0n) is 7.27. The summed E-state index contributed by atoms with van der Waals surface area (Å²) < 4.78 is 0.860. The molecule has 6 heteroatoms. The van der Waals surface area contributed by atoms with Crippen LogP contribution in [-0.2, 0) is 4.79 Å². The van der Waals surface area contributed by atoms with Gasteiger partial charge in [-0.05, 0) is 28.1 Å². The number of halogens is 1. The van der Waals surface area contributed by atoms with E-state index in [1.807, 2.05) is 0 Å². The lowest BCUT2D eigenvalue weighted by Gasteiger charge is -2.08. The molecule has 1 heterocycles. The summed E-state index contributed by atoms with van der Waals surface area (Å²) >= 11 is 3.23. The largest absolute Gasteiger partial charge is 0.381 e. The van der Waals surface area contributed by atoms with Crippen molar-refractivity contribution < 1.29 is 9.90 Å². The number of hydrogen-bond acceptors (Lipinski definition) is 4. The van der Waals surface area contributed by atoms with Gasteiger partial charge in [0.05, 0.1) is 6.54 Å². The maximum atomic E-state index is 10.5. The highest BCUT2D eigenvalue weighted by Crippen LogP contribution is 2.10. The van der Waals surface area contributed by atoms with Crippen molar-refractivity contribution in [2.75, 3.05) is 11.9 Å². The van der Waals surface area contributed by atoms with Gasteiger partial charge in [-0.15, -0.1) is 0 Å². The van der Waals surface area contributed by atoms with Gasteiger partial charge in [0, 0.05) is 10.7 Å². The summed E-state index contributed by atoms with van der Waals surface area (Å²) in [6.45, 7) is 0.0595. The molecule has 1 aromatic heterocycles. The first-order valence-corrected chi connectivity index (χ1v) is 4.71. The number of pyridine rings is 1. The summed E-state index contributed by atoms with van der Waals surface area (Å²) in [7, 11) is 0. The van der Waals surface area contributed by atoms with Crippen LogP contribution in [0.15, 0.2) is 22.8 Å². The molecule has 0 bridgehead atoms. The third-order valence-corrected chi connectivity index (χ3v) is 2.00. The van der Waals surface area contributed by atoms with Crippen LogP contribution >= 0.6 is 15.9 Å². The number of aliphatic hydroxyl groups excluding tert-OH is 1. The molecule has 0 aromatic carbocycles. The Morgan fingerprint density at radius 2 is 2.43 bits per heavy atom. The zero-order chi connectivity index (χ0) is 10.6. The molecule has 1 unspecified atom stereocenters. The summed E-state index contributed by atoms with van der Waals surface area (Å²) in [6.07, 6.45) is 0.416. The molecule has 0 aliphatic rings. The van der Waals surface area contributed by atoms with Crippen molar-refractivity contribution >= 4 is 27.7 Å². The number of rotatable bonds is 4. The Hall–Kier alpha value is -1.14. The molecular weight excluding hydrogens is 250 g/mol. The topological polar surface area (TPSA) is 88.2 Å². The van der Waals surface area contributed by atoms with Gasteiger partial charge in [-0.25, -0.2) is 4.98 Å². The molecule has 76 valence electrons. The number of aliphatic hydroxyl groups is 1. The van der Waals surface area contributed by atoms with Crippen LogP contribution in [0.1, 0.15) is 0 Å². The molecule has 0 saturated heterocycles. The Kier molecular flexibility index (Phi) is 3.84. The monoisotopic (exact) mass is 259 g/mol. The van der Waals surface area contributed by atoms with Crippen LogP contribution in [0.2, 0.25) is 0 Å². The van der Waals surface area contributed by atoms with E-state index in [9.17, 15) is 4.79 Å². The van der Waals surface area contributed by atoms with Crippen LogP contribution in [0.25, 0.3) is 0 Å². The molecule has 0 radical (unpaired) electrons. The van der Waals surface area contributed by atoms with E-state index < -0.39 is 12.0 Å². The van der Waals surface area contributed by atoms with Gasteiger partial charge in [0.25, 0.3) is 0 Å². The first-order chi connectivity index (χ1) is 6.59. The third-order valence-electron chi connectivity index (χ3n) is 1.53. The van der Waals surface area contributed by atoms with Crippen LogP contribution in [-0.4, -0.2) is 28.6 Å². The van der Waals surface area contributed by atoms with E-state index in [4.69, 9.17) is 10.8 Å². The van der Waals surface area contributed by atoms with Crippen molar-refractivity contribution in [3.05, 3.63) is 22.8 Å². The van der Waals surface area contributed by atoms with Gasteiger partial charge in [0.2, 0.25) is 5.91 Å². The van der Waals surface area contributed by atoms with Gasteiger partial charge in [-0.1, -0.05) is 0 Å². The van der Waals surface area contributed by atoms with Crippen LogP contribution < -0.4 is 11.1 Å². The minimum atomic E-state index is -1.19. The molecule has 0 aliphatic heterocycles. The lowest BCUT2D eigenvalue weighted by atomic mass is 10.3. The van der Waals surface area contributed by atoms with Crippen molar-refractivity contribution in [2.45, 2.75) is 6.10 Å². The van der Waals surface area contributed by atoms with Crippen molar-refractivity contribution in [2.24, 2.45) is 5.73 Å². The number of nitrogens with zero attached hydrogens (tertiary/aromatic N) is 1. The van der Waals surface area contributed by atoms with E-state index in [1.165, 1.54) is 0 Å². The normalized spacial score (nSPS) is 12.1. The highest BCUT2D eigenvalue weighted by atomic mass is 79.9. The first-order valence-electron chi connectivity index (χ1n) is 3.92. The van der Waals surface area contributed by atoms with Gasteiger partial charge >= 0.3 is 0 Å². The molecule has 1 aromatic rings. The molecule has 0 fully saturated rings. The fourth-order valence-electron chi connectivity index (χ4n) is 0.782. The second kappa shape index (κ2) is 4.92. The molecule has 5 nitrogen and oxygen atoms in total. The molecule has 0 aliphatic carbocycles. The van der Waals surface area contributed by atoms with Crippen molar-refractivity contribution in [3.8, 4) is 0 Å². The molecule has 4 N–H and O–H groups in total. The van der Waals surface area contributed by atoms with Gasteiger partial charge < -0.3 is 16.2 Å². The molecule has 1 amide bonds. The van der Waals surface area contributed by atoms with Gasteiger partial charge in [-0.3, -0.25) is 4.79 Å².